The third-order valence-corrected chi connectivity index (χ3v) is 3.18. The minimum absolute atomic E-state index is 0.0372. The maximum atomic E-state index is 10.8. The summed E-state index contributed by atoms with van der Waals surface area (Å²) < 4.78 is 16.5. The summed E-state index contributed by atoms with van der Waals surface area (Å²) in [7, 11) is 0. The Balaban J connectivity index is 3.57. The van der Waals surface area contributed by atoms with Crippen molar-refractivity contribution in [3.8, 4) is 0 Å². The van der Waals surface area contributed by atoms with Crippen LogP contribution in [0.4, 0.5) is 0 Å². The summed E-state index contributed by atoms with van der Waals surface area (Å²) in [6.45, 7) is 9.18. The Morgan fingerprint density at radius 2 is 1.43 bits per heavy atom. The van der Waals surface area contributed by atoms with Gasteiger partial charge in [0.15, 0.2) is 6.29 Å². The summed E-state index contributed by atoms with van der Waals surface area (Å²) in [6.07, 6.45) is 8.54. The van der Waals surface area contributed by atoms with Crippen molar-refractivity contribution in [2.75, 3.05) is 13.2 Å². The topological polar surface area (TPSA) is 44.8 Å². The summed E-state index contributed by atoms with van der Waals surface area (Å²) in [5, 5.41) is 0. The summed E-state index contributed by atoms with van der Waals surface area (Å²) in [4.78, 5) is 10.8. The van der Waals surface area contributed by atoms with Gasteiger partial charge in [0.25, 0.3) is 0 Å². The highest BCUT2D eigenvalue weighted by molar-refractivity contribution is 5.66. The Kier molecular flexibility index (Phi) is 13.9. The highest BCUT2D eigenvalue weighted by Crippen LogP contribution is 2.13. The van der Waals surface area contributed by atoms with E-state index in [0.29, 0.717) is 0 Å². The van der Waals surface area contributed by atoms with Gasteiger partial charge in [-0.05, 0) is 45.4 Å². The van der Waals surface area contributed by atoms with Gasteiger partial charge in [0.1, 0.15) is 0 Å². The summed E-state index contributed by atoms with van der Waals surface area (Å²) in [6, 6.07) is 0. The number of hydrogen-bond acceptors (Lipinski definition) is 4. The van der Waals surface area contributed by atoms with Crippen LogP contribution in [0, 0.1) is 0 Å². The van der Waals surface area contributed by atoms with Crippen LogP contribution in [0.25, 0.3) is 0 Å². The molecule has 21 heavy (non-hydrogen) atoms. The molecule has 0 spiro atoms. The third kappa shape index (κ3) is 14.1. The van der Waals surface area contributed by atoms with Crippen LogP contribution in [-0.4, -0.2) is 31.6 Å². The highest BCUT2D eigenvalue weighted by Gasteiger charge is 2.09. The fraction of sp³-hybridized carbons (Fsp3) is 0.941. The Labute approximate surface area is 130 Å². The van der Waals surface area contributed by atoms with Crippen molar-refractivity contribution in [1.82, 2.24) is 0 Å². The lowest BCUT2D eigenvalue weighted by molar-refractivity contribution is -0.147. The highest BCUT2D eigenvalue weighted by atomic mass is 16.7. The zero-order chi connectivity index (χ0) is 15.9. The van der Waals surface area contributed by atoms with Gasteiger partial charge in [0.05, 0.1) is 6.10 Å². The predicted octanol–water partition coefficient (Wildman–Crippen LogP) is 4.46. The van der Waals surface area contributed by atoms with E-state index in [1.807, 2.05) is 6.92 Å². The zero-order valence-corrected chi connectivity index (χ0v) is 14.4. The molecular formula is C17H34O4. The van der Waals surface area contributed by atoms with E-state index in [1.165, 1.54) is 19.8 Å². The minimum Gasteiger partial charge on any atom is -0.463 e. The number of carbonyl (C=O) groups is 1. The van der Waals surface area contributed by atoms with Crippen LogP contribution in [0.2, 0.25) is 0 Å². The quantitative estimate of drug-likeness (QED) is 0.270. The molecule has 0 aromatic rings. The Bertz CT molecular complexity index is 235. The van der Waals surface area contributed by atoms with Crippen molar-refractivity contribution in [2.24, 2.45) is 0 Å². The molecule has 1 unspecified atom stereocenters. The second-order valence-corrected chi connectivity index (χ2v) is 5.58. The van der Waals surface area contributed by atoms with E-state index < -0.39 is 0 Å². The number of ether oxygens (including phenoxy) is 3. The smallest absolute Gasteiger partial charge is 0.302 e. The standard InChI is InChI=1S/C17H34O4/c1-5-13-19-17(20-14-6-2)12-10-8-7-9-11-15(3)21-16(4)18/h15,17H,5-14H2,1-4H3. The summed E-state index contributed by atoms with van der Waals surface area (Å²) in [5.41, 5.74) is 0. The van der Waals surface area contributed by atoms with E-state index >= 15 is 0 Å². The molecule has 0 N–H and O–H groups in total. The average Bonchev–Trinajstić information content (AvgIpc) is 2.43. The van der Waals surface area contributed by atoms with Gasteiger partial charge in [-0.1, -0.05) is 26.7 Å². The molecule has 1 atom stereocenters. The molecule has 0 aromatic carbocycles. The Morgan fingerprint density at radius 1 is 0.905 bits per heavy atom. The van der Waals surface area contributed by atoms with Crippen molar-refractivity contribution in [2.45, 2.75) is 91.5 Å². The van der Waals surface area contributed by atoms with Gasteiger partial charge >= 0.3 is 5.97 Å². The van der Waals surface area contributed by atoms with Gasteiger partial charge in [0, 0.05) is 20.1 Å². The predicted molar refractivity (Wildman–Crippen MR) is 85.2 cm³/mol. The SMILES string of the molecule is CCCOC(CCCCCCC(C)OC(C)=O)OCCC. The lowest BCUT2D eigenvalue weighted by atomic mass is 10.1. The first-order chi connectivity index (χ1) is 10.1. The first-order valence-corrected chi connectivity index (χ1v) is 8.50. The Morgan fingerprint density at radius 3 is 1.90 bits per heavy atom. The van der Waals surface area contributed by atoms with Crippen molar-refractivity contribution in [3.05, 3.63) is 0 Å². The largest absolute Gasteiger partial charge is 0.463 e. The molecule has 0 fully saturated rings. The first-order valence-electron chi connectivity index (χ1n) is 8.50. The Hall–Kier alpha value is -0.610. The molecule has 0 rings (SSSR count). The molecule has 0 aromatic heterocycles. The monoisotopic (exact) mass is 302 g/mol. The van der Waals surface area contributed by atoms with E-state index in [2.05, 4.69) is 13.8 Å². The second-order valence-electron chi connectivity index (χ2n) is 5.58. The van der Waals surface area contributed by atoms with Gasteiger partial charge in [-0.2, -0.15) is 0 Å². The zero-order valence-electron chi connectivity index (χ0n) is 14.4. The molecular weight excluding hydrogens is 268 g/mol. The first kappa shape index (κ1) is 20.4. The molecule has 0 heterocycles. The molecule has 4 nitrogen and oxygen atoms in total. The molecule has 4 heteroatoms. The minimum atomic E-state index is -0.188. The van der Waals surface area contributed by atoms with E-state index in [0.717, 1.165) is 51.7 Å². The molecule has 0 radical (unpaired) electrons. The molecule has 0 amide bonds. The van der Waals surface area contributed by atoms with Gasteiger partial charge in [-0.25, -0.2) is 0 Å². The van der Waals surface area contributed by atoms with Gasteiger partial charge < -0.3 is 14.2 Å². The number of rotatable bonds is 14. The fourth-order valence-corrected chi connectivity index (χ4v) is 2.15. The molecule has 0 bridgehead atoms. The van der Waals surface area contributed by atoms with Crippen molar-refractivity contribution < 1.29 is 19.0 Å². The van der Waals surface area contributed by atoms with Crippen molar-refractivity contribution in [1.29, 1.82) is 0 Å². The summed E-state index contributed by atoms with van der Waals surface area (Å²) in [5.74, 6) is -0.188. The van der Waals surface area contributed by atoms with Crippen LogP contribution >= 0.6 is 0 Å². The maximum absolute atomic E-state index is 10.8. The molecule has 0 saturated heterocycles. The van der Waals surface area contributed by atoms with E-state index in [-0.39, 0.29) is 18.4 Å². The number of hydrogen-bond donors (Lipinski definition) is 0. The molecule has 0 aliphatic carbocycles. The lowest BCUT2D eigenvalue weighted by Crippen LogP contribution is -2.18. The lowest BCUT2D eigenvalue weighted by Gasteiger charge is -2.18. The van der Waals surface area contributed by atoms with E-state index in [1.54, 1.807) is 0 Å². The maximum Gasteiger partial charge on any atom is 0.302 e. The molecule has 0 aliphatic heterocycles. The average molecular weight is 302 g/mol. The number of esters is 1. The van der Waals surface area contributed by atoms with Crippen LogP contribution in [0.15, 0.2) is 0 Å². The van der Waals surface area contributed by atoms with Crippen LogP contribution < -0.4 is 0 Å². The third-order valence-electron chi connectivity index (χ3n) is 3.18. The normalized spacial score (nSPS) is 12.6. The summed E-state index contributed by atoms with van der Waals surface area (Å²) >= 11 is 0. The fourth-order valence-electron chi connectivity index (χ4n) is 2.15. The van der Waals surface area contributed by atoms with E-state index in [4.69, 9.17) is 14.2 Å². The van der Waals surface area contributed by atoms with Gasteiger partial charge in [-0.15, -0.1) is 0 Å². The molecule has 126 valence electrons. The number of carbonyl (C=O) groups excluding carboxylic acids is 1. The number of unbranched alkanes of at least 4 members (excludes halogenated alkanes) is 3. The van der Waals surface area contributed by atoms with Crippen molar-refractivity contribution in [3.63, 3.8) is 0 Å². The second kappa shape index (κ2) is 14.3. The van der Waals surface area contributed by atoms with Crippen LogP contribution in [0.1, 0.15) is 79.1 Å². The van der Waals surface area contributed by atoms with E-state index in [9.17, 15) is 4.79 Å². The van der Waals surface area contributed by atoms with Gasteiger partial charge in [-0.3, -0.25) is 4.79 Å². The molecule has 0 saturated carbocycles. The van der Waals surface area contributed by atoms with Crippen LogP contribution in [0.3, 0.4) is 0 Å². The van der Waals surface area contributed by atoms with Gasteiger partial charge in [0.2, 0.25) is 0 Å². The van der Waals surface area contributed by atoms with Crippen LogP contribution in [-0.2, 0) is 19.0 Å². The van der Waals surface area contributed by atoms with Crippen LogP contribution in [0.5, 0.6) is 0 Å². The van der Waals surface area contributed by atoms with Crippen molar-refractivity contribution >= 4 is 5.97 Å². The molecule has 0 aliphatic rings.